The SMILES string of the molecule is COc1cc2ncn(-c3cccc(NC4CC5CCC(C4)N5)n3)c2cc1-c1cnn(C)c1. The molecule has 2 bridgehead atoms. The first-order valence-corrected chi connectivity index (χ1v) is 11.2. The van der Waals surface area contributed by atoms with Crippen LogP contribution in [0.25, 0.3) is 28.0 Å². The average Bonchev–Trinajstić information content (AvgIpc) is 3.51. The minimum atomic E-state index is 0.470. The number of fused-ring (bicyclic) bond motifs is 3. The van der Waals surface area contributed by atoms with E-state index in [0.29, 0.717) is 18.1 Å². The molecule has 0 spiro atoms. The highest BCUT2D eigenvalue weighted by Gasteiger charge is 2.33. The third-order valence-corrected chi connectivity index (χ3v) is 6.69. The van der Waals surface area contributed by atoms with Crippen molar-refractivity contribution >= 4 is 16.9 Å². The Labute approximate surface area is 186 Å². The van der Waals surface area contributed by atoms with E-state index >= 15 is 0 Å². The van der Waals surface area contributed by atoms with Crippen LogP contribution in [0.4, 0.5) is 5.82 Å². The van der Waals surface area contributed by atoms with Gasteiger partial charge in [0, 0.05) is 48.6 Å². The van der Waals surface area contributed by atoms with Crippen molar-refractivity contribution in [3.63, 3.8) is 0 Å². The number of anilines is 1. The lowest BCUT2D eigenvalue weighted by Gasteiger charge is -2.30. The number of rotatable bonds is 5. The fourth-order valence-electron chi connectivity index (χ4n) is 5.20. The van der Waals surface area contributed by atoms with Crippen LogP contribution in [0.15, 0.2) is 49.1 Å². The minimum absolute atomic E-state index is 0.470. The third-order valence-electron chi connectivity index (χ3n) is 6.69. The Balaban J connectivity index is 1.35. The van der Waals surface area contributed by atoms with E-state index in [4.69, 9.17) is 9.72 Å². The molecule has 2 fully saturated rings. The number of aromatic nitrogens is 5. The molecule has 2 atom stereocenters. The Bertz CT molecular complexity index is 1260. The zero-order valence-corrected chi connectivity index (χ0v) is 18.3. The van der Waals surface area contributed by atoms with Crippen LogP contribution in [0.5, 0.6) is 5.75 Å². The lowest BCUT2D eigenvalue weighted by molar-refractivity contribution is 0.377. The summed E-state index contributed by atoms with van der Waals surface area (Å²) in [4.78, 5) is 9.53. The van der Waals surface area contributed by atoms with Gasteiger partial charge in [-0.2, -0.15) is 5.10 Å². The summed E-state index contributed by atoms with van der Waals surface area (Å²) in [5, 5.41) is 11.7. The quantitative estimate of drug-likeness (QED) is 0.505. The second kappa shape index (κ2) is 7.63. The fraction of sp³-hybridized carbons (Fsp3) is 0.375. The molecule has 8 nitrogen and oxygen atoms in total. The van der Waals surface area contributed by atoms with E-state index in [1.54, 1.807) is 11.8 Å². The van der Waals surface area contributed by atoms with Gasteiger partial charge in [-0.15, -0.1) is 0 Å². The summed E-state index contributed by atoms with van der Waals surface area (Å²) in [6, 6.07) is 12.0. The Kier molecular flexibility index (Phi) is 4.61. The number of methoxy groups -OCH3 is 1. The van der Waals surface area contributed by atoms with E-state index in [1.165, 1.54) is 12.8 Å². The molecule has 1 aromatic carbocycles. The van der Waals surface area contributed by atoms with Crippen molar-refractivity contribution < 1.29 is 4.74 Å². The first-order valence-electron chi connectivity index (χ1n) is 11.2. The highest BCUT2D eigenvalue weighted by atomic mass is 16.5. The van der Waals surface area contributed by atoms with Crippen LogP contribution < -0.4 is 15.4 Å². The molecule has 0 aliphatic carbocycles. The normalized spacial score (nSPS) is 22.4. The van der Waals surface area contributed by atoms with Gasteiger partial charge in [-0.05, 0) is 43.9 Å². The monoisotopic (exact) mass is 429 g/mol. The summed E-state index contributed by atoms with van der Waals surface area (Å²) in [5.41, 5.74) is 3.83. The van der Waals surface area contributed by atoms with Gasteiger partial charge in [0.25, 0.3) is 0 Å². The van der Waals surface area contributed by atoms with Gasteiger partial charge in [-0.3, -0.25) is 9.25 Å². The highest BCUT2D eigenvalue weighted by Crippen LogP contribution is 2.34. The molecule has 4 aromatic rings. The van der Waals surface area contributed by atoms with E-state index in [0.717, 1.165) is 52.4 Å². The number of nitrogens with one attached hydrogen (secondary N) is 2. The highest BCUT2D eigenvalue weighted by molar-refractivity contribution is 5.87. The van der Waals surface area contributed by atoms with Gasteiger partial charge in [0.05, 0.1) is 24.3 Å². The van der Waals surface area contributed by atoms with E-state index in [-0.39, 0.29) is 0 Å². The van der Waals surface area contributed by atoms with Crippen molar-refractivity contribution in [2.75, 3.05) is 12.4 Å². The molecule has 2 unspecified atom stereocenters. The molecule has 3 aromatic heterocycles. The molecule has 8 heteroatoms. The molecular formula is C24H27N7O. The zero-order chi connectivity index (χ0) is 21.7. The number of benzene rings is 1. The Morgan fingerprint density at radius 3 is 2.75 bits per heavy atom. The predicted molar refractivity (Wildman–Crippen MR) is 124 cm³/mol. The van der Waals surface area contributed by atoms with Crippen molar-refractivity contribution in [3.8, 4) is 22.7 Å². The number of ether oxygens (including phenoxy) is 1. The molecule has 0 radical (unpaired) electrons. The summed E-state index contributed by atoms with van der Waals surface area (Å²) >= 11 is 0. The maximum atomic E-state index is 5.64. The topological polar surface area (TPSA) is 81.8 Å². The first kappa shape index (κ1) is 19.3. The van der Waals surface area contributed by atoms with Crippen LogP contribution in [-0.4, -0.2) is 49.6 Å². The average molecular weight is 430 g/mol. The van der Waals surface area contributed by atoms with Crippen LogP contribution in [0.2, 0.25) is 0 Å². The van der Waals surface area contributed by atoms with E-state index < -0.39 is 0 Å². The zero-order valence-electron chi connectivity index (χ0n) is 18.3. The second-order valence-electron chi connectivity index (χ2n) is 8.89. The van der Waals surface area contributed by atoms with E-state index in [9.17, 15) is 0 Å². The molecule has 6 rings (SSSR count). The summed E-state index contributed by atoms with van der Waals surface area (Å²) in [6.45, 7) is 0. The molecule has 0 saturated carbocycles. The van der Waals surface area contributed by atoms with Crippen LogP contribution >= 0.6 is 0 Å². The number of pyridine rings is 1. The van der Waals surface area contributed by atoms with Gasteiger partial charge >= 0.3 is 0 Å². The number of hydrogen-bond donors (Lipinski definition) is 2. The van der Waals surface area contributed by atoms with Crippen molar-refractivity contribution in [3.05, 3.63) is 49.1 Å². The van der Waals surface area contributed by atoms with Gasteiger partial charge in [0.15, 0.2) is 0 Å². The van der Waals surface area contributed by atoms with Crippen molar-refractivity contribution in [1.82, 2.24) is 29.6 Å². The van der Waals surface area contributed by atoms with Crippen LogP contribution in [0, 0.1) is 0 Å². The predicted octanol–water partition coefficient (Wildman–Crippen LogP) is 3.52. The lowest BCUT2D eigenvalue weighted by Crippen LogP contribution is -2.43. The number of piperidine rings is 1. The molecule has 32 heavy (non-hydrogen) atoms. The lowest BCUT2D eigenvalue weighted by atomic mass is 10.00. The number of imidazole rings is 1. The Hall–Kier alpha value is -3.39. The molecule has 2 N–H and O–H groups in total. The molecule has 5 heterocycles. The summed E-state index contributed by atoms with van der Waals surface area (Å²) < 4.78 is 9.47. The van der Waals surface area contributed by atoms with Crippen molar-refractivity contribution in [2.45, 2.75) is 43.8 Å². The van der Waals surface area contributed by atoms with E-state index in [1.807, 2.05) is 42.5 Å². The summed E-state index contributed by atoms with van der Waals surface area (Å²) in [5.74, 6) is 2.54. The molecule has 0 amide bonds. The van der Waals surface area contributed by atoms with Crippen molar-refractivity contribution in [2.24, 2.45) is 7.05 Å². The van der Waals surface area contributed by atoms with Crippen LogP contribution in [-0.2, 0) is 7.05 Å². The van der Waals surface area contributed by atoms with Crippen molar-refractivity contribution in [1.29, 1.82) is 0 Å². The maximum absolute atomic E-state index is 5.64. The number of hydrogen-bond acceptors (Lipinski definition) is 6. The van der Waals surface area contributed by atoms with Gasteiger partial charge in [0.1, 0.15) is 23.7 Å². The van der Waals surface area contributed by atoms with Gasteiger partial charge in [-0.25, -0.2) is 9.97 Å². The van der Waals surface area contributed by atoms with Gasteiger partial charge in [-0.1, -0.05) is 6.07 Å². The third kappa shape index (κ3) is 3.40. The molecule has 2 saturated heterocycles. The second-order valence-corrected chi connectivity index (χ2v) is 8.89. The fourth-order valence-corrected chi connectivity index (χ4v) is 5.20. The molecule has 2 aliphatic rings. The molecule has 2 aliphatic heterocycles. The van der Waals surface area contributed by atoms with Crippen LogP contribution in [0.3, 0.4) is 0 Å². The standard InChI is InChI=1S/C24H27N7O/c1-30-13-15(12-26-30)19-10-21-20(11-22(19)32-2)25-14-31(21)24-5-3-4-23(29-24)28-18-8-16-6-7-17(9-18)27-16/h3-5,10-14,16-18,27H,6-9H2,1-2H3,(H,28,29). The van der Waals surface area contributed by atoms with Crippen LogP contribution in [0.1, 0.15) is 25.7 Å². The largest absolute Gasteiger partial charge is 0.496 e. The summed E-state index contributed by atoms with van der Waals surface area (Å²) in [6.07, 6.45) is 10.6. The molecule has 164 valence electrons. The Morgan fingerprint density at radius 2 is 2.00 bits per heavy atom. The van der Waals surface area contributed by atoms with Gasteiger partial charge in [0.2, 0.25) is 0 Å². The first-order chi connectivity index (χ1) is 15.7. The molecular weight excluding hydrogens is 402 g/mol. The van der Waals surface area contributed by atoms with Gasteiger partial charge < -0.3 is 15.4 Å². The minimum Gasteiger partial charge on any atom is -0.496 e. The maximum Gasteiger partial charge on any atom is 0.140 e. The number of aryl methyl sites for hydroxylation is 1. The Morgan fingerprint density at radius 1 is 1.16 bits per heavy atom. The summed E-state index contributed by atoms with van der Waals surface area (Å²) in [7, 11) is 3.59. The number of nitrogens with zero attached hydrogens (tertiary/aromatic N) is 5. The smallest absolute Gasteiger partial charge is 0.140 e. The van der Waals surface area contributed by atoms with E-state index in [2.05, 4.69) is 38.9 Å².